The summed E-state index contributed by atoms with van der Waals surface area (Å²) in [5.74, 6) is -0.692. The zero-order valence-corrected chi connectivity index (χ0v) is 31.8. The van der Waals surface area contributed by atoms with Crippen LogP contribution in [0.3, 0.4) is 0 Å². The maximum atomic E-state index is 13.8. The first kappa shape index (κ1) is 41.5. The third kappa shape index (κ3) is 10.4. The Morgan fingerprint density at radius 3 is 1.96 bits per heavy atom. The van der Waals surface area contributed by atoms with Crippen molar-refractivity contribution < 1.29 is 70.4 Å². The van der Waals surface area contributed by atoms with E-state index in [0.717, 1.165) is 21.4 Å². The molecule has 0 bridgehead atoms. The van der Waals surface area contributed by atoms with Crippen molar-refractivity contribution in [2.24, 2.45) is 0 Å². The number of hydrogen-bond donors (Lipinski definition) is 3. The summed E-state index contributed by atoms with van der Waals surface area (Å²) in [6.45, 7) is 0.193. The summed E-state index contributed by atoms with van der Waals surface area (Å²) in [4.78, 5) is 59.4. The molecule has 0 saturated carbocycles. The molecule has 20 nitrogen and oxygen atoms in total. The van der Waals surface area contributed by atoms with Gasteiger partial charge in [-0.3, -0.25) is 37.1 Å². The van der Waals surface area contributed by atoms with Gasteiger partial charge in [0.25, 0.3) is 5.56 Å². The standard InChI is InChI=1S/C35H35N3O17P2/c1-21(39)51-25-11-7-23(8-12-25)18-49-57(47,50-19-24-9-13-26(14-10-24)52-22(2)40)55-56(45,46)48-20-30-32(42)33(43)34(53-30)37-16-15-31(41)38(35(37)44)17-28-27-5-3-4-6-29(27)54-36-28/h3-16,30,32-34,42-43H,17-20H2,1-2H3,(H,45,46)/t30-,32?,33?,34-/m1/s1. The monoisotopic (exact) mass is 831 g/mol. The van der Waals surface area contributed by atoms with Gasteiger partial charge < -0.3 is 33.8 Å². The predicted octanol–water partition coefficient (Wildman–Crippen LogP) is 3.34. The first-order valence-corrected chi connectivity index (χ1v) is 19.8. The summed E-state index contributed by atoms with van der Waals surface area (Å²) in [7, 11) is -10.4. The van der Waals surface area contributed by atoms with Crippen LogP contribution in [0.5, 0.6) is 11.5 Å². The van der Waals surface area contributed by atoms with Crippen LogP contribution in [-0.4, -0.2) is 66.3 Å². The first-order valence-electron chi connectivity index (χ1n) is 16.9. The lowest BCUT2D eigenvalue weighted by molar-refractivity contribution is -0.132. The van der Waals surface area contributed by atoms with E-state index in [1.807, 2.05) is 0 Å². The van der Waals surface area contributed by atoms with E-state index in [-0.39, 0.29) is 23.7 Å². The number of aliphatic hydroxyl groups is 2. The summed E-state index contributed by atoms with van der Waals surface area (Å²) in [6, 6.07) is 19.4. The van der Waals surface area contributed by atoms with Crippen molar-refractivity contribution >= 4 is 38.6 Å². The molecule has 0 spiro atoms. The van der Waals surface area contributed by atoms with Crippen LogP contribution in [0, 0.1) is 0 Å². The number of aliphatic hydroxyl groups excluding tert-OH is 2. The molecule has 57 heavy (non-hydrogen) atoms. The summed E-state index contributed by atoms with van der Waals surface area (Å²) in [6.07, 6.45) is -5.71. The summed E-state index contributed by atoms with van der Waals surface area (Å²) < 4.78 is 70.3. The Hall–Kier alpha value is -5.11. The number of nitrogens with zero attached hydrogens (tertiary/aromatic N) is 3. The summed E-state index contributed by atoms with van der Waals surface area (Å²) in [5, 5.41) is 26.1. The minimum absolute atomic E-state index is 0.211. The fourth-order valence-corrected chi connectivity index (χ4v) is 8.12. The zero-order valence-electron chi connectivity index (χ0n) is 30.0. The molecule has 0 amide bonds. The Labute approximate surface area is 321 Å². The molecular weight excluding hydrogens is 796 g/mol. The maximum Gasteiger partial charge on any atom is 0.484 e. The molecular formula is C35H35N3O17P2. The van der Waals surface area contributed by atoms with Crippen LogP contribution in [-0.2, 0) is 61.1 Å². The number of esters is 2. The Kier molecular flexibility index (Phi) is 12.8. The van der Waals surface area contributed by atoms with Crippen LogP contribution in [0.4, 0.5) is 0 Å². The highest BCUT2D eigenvalue weighted by Crippen LogP contribution is 2.64. The second-order valence-corrected chi connectivity index (χ2v) is 15.7. The van der Waals surface area contributed by atoms with Crippen LogP contribution in [0.1, 0.15) is 36.9 Å². The second-order valence-electron chi connectivity index (χ2n) is 12.4. The third-order valence-electron chi connectivity index (χ3n) is 8.22. The molecule has 0 aliphatic carbocycles. The Bertz CT molecular complexity index is 2380. The van der Waals surface area contributed by atoms with E-state index in [1.54, 1.807) is 24.3 Å². The molecule has 1 aliphatic heterocycles. The predicted molar refractivity (Wildman–Crippen MR) is 194 cm³/mol. The highest BCUT2D eigenvalue weighted by molar-refractivity contribution is 7.61. The highest BCUT2D eigenvalue weighted by Gasteiger charge is 2.46. The van der Waals surface area contributed by atoms with Gasteiger partial charge in [0.15, 0.2) is 11.8 Å². The molecule has 5 aromatic rings. The number of carbonyl (C=O) groups is 2. The fraction of sp³-hybridized carbons (Fsp3) is 0.286. The maximum absolute atomic E-state index is 13.8. The summed E-state index contributed by atoms with van der Waals surface area (Å²) >= 11 is 0. The number of aromatic nitrogens is 3. The van der Waals surface area contributed by atoms with E-state index in [2.05, 4.69) is 5.16 Å². The van der Waals surface area contributed by atoms with Crippen LogP contribution in [0.2, 0.25) is 0 Å². The number of fused-ring (bicyclic) bond motifs is 1. The lowest BCUT2D eigenvalue weighted by Gasteiger charge is -2.22. The van der Waals surface area contributed by atoms with Crippen molar-refractivity contribution in [3.63, 3.8) is 0 Å². The van der Waals surface area contributed by atoms with E-state index in [1.165, 1.54) is 62.4 Å². The molecule has 1 saturated heterocycles. The Balaban J connectivity index is 1.14. The molecule has 3 unspecified atom stereocenters. The van der Waals surface area contributed by atoms with Gasteiger partial charge in [-0.25, -0.2) is 13.9 Å². The molecule has 1 aliphatic rings. The van der Waals surface area contributed by atoms with Crippen LogP contribution in [0.25, 0.3) is 11.0 Å². The molecule has 6 rings (SSSR count). The molecule has 1 fully saturated rings. The second kappa shape index (κ2) is 17.6. The van der Waals surface area contributed by atoms with Crippen molar-refractivity contribution in [1.82, 2.24) is 14.3 Å². The molecule has 0 radical (unpaired) electrons. The van der Waals surface area contributed by atoms with Crippen LogP contribution >= 0.6 is 15.6 Å². The van der Waals surface area contributed by atoms with Gasteiger partial charge in [0.2, 0.25) is 0 Å². The number of rotatable bonds is 16. The Morgan fingerprint density at radius 1 is 0.807 bits per heavy atom. The van der Waals surface area contributed by atoms with Gasteiger partial charge in [-0.1, -0.05) is 41.6 Å². The van der Waals surface area contributed by atoms with Gasteiger partial charge in [-0.05, 0) is 47.5 Å². The number of ether oxygens (including phenoxy) is 3. The minimum atomic E-state index is -5.40. The van der Waals surface area contributed by atoms with Gasteiger partial charge in [-0.15, -0.1) is 0 Å². The largest absolute Gasteiger partial charge is 0.484 e. The van der Waals surface area contributed by atoms with E-state index >= 15 is 0 Å². The van der Waals surface area contributed by atoms with Crippen molar-refractivity contribution in [3.05, 3.63) is 123 Å². The lowest BCUT2D eigenvalue weighted by Crippen LogP contribution is -2.43. The van der Waals surface area contributed by atoms with Gasteiger partial charge in [0.05, 0.1) is 26.4 Å². The number of benzene rings is 3. The number of carbonyl (C=O) groups excluding carboxylic acids is 2. The molecule has 5 atom stereocenters. The van der Waals surface area contributed by atoms with Crippen molar-refractivity contribution in [1.29, 1.82) is 0 Å². The first-order chi connectivity index (χ1) is 27.1. The number of hydrogen-bond acceptors (Lipinski definition) is 17. The van der Waals surface area contributed by atoms with Crippen molar-refractivity contribution in [3.8, 4) is 11.5 Å². The van der Waals surface area contributed by atoms with Gasteiger partial charge in [-0.2, -0.15) is 4.31 Å². The van der Waals surface area contributed by atoms with E-state index in [4.69, 9.17) is 36.6 Å². The van der Waals surface area contributed by atoms with Crippen LogP contribution < -0.4 is 20.7 Å². The molecule has 22 heteroatoms. The SMILES string of the molecule is CC(=O)Oc1ccc(COP(=O)(OCc2ccc(OC(C)=O)cc2)OP(=O)(O)OC[C@H]2O[C@@H](n3ccc(=O)n(Cc4noc5ccccc45)c3=O)C(O)C2O)cc1. The van der Waals surface area contributed by atoms with Gasteiger partial charge in [0.1, 0.15) is 35.5 Å². The average Bonchev–Trinajstić information content (AvgIpc) is 3.70. The number of phosphoric acid groups is 2. The normalized spacial score (nSPS) is 19.3. The fourth-order valence-electron chi connectivity index (χ4n) is 5.52. The topological polar surface area (TPSA) is 264 Å². The smallest absolute Gasteiger partial charge is 0.427 e. The highest BCUT2D eigenvalue weighted by atomic mass is 31.3. The Morgan fingerprint density at radius 2 is 1.39 bits per heavy atom. The van der Waals surface area contributed by atoms with Crippen LogP contribution in [0.15, 0.2) is 99.2 Å². The molecule has 3 N–H and O–H groups in total. The lowest BCUT2D eigenvalue weighted by atomic mass is 10.1. The van der Waals surface area contributed by atoms with E-state index < -0.39 is 83.2 Å². The van der Waals surface area contributed by atoms with E-state index in [0.29, 0.717) is 22.1 Å². The molecule has 3 heterocycles. The average molecular weight is 832 g/mol. The molecule has 2 aromatic heterocycles. The molecule has 3 aromatic carbocycles. The quantitative estimate of drug-likeness (QED) is 0.0731. The van der Waals surface area contributed by atoms with Crippen molar-refractivity contribution in [2.45, 2.75) is 58.1 Å². The van der Waals surface area contributed by atoms with Crippen molar-refractivity contribution in [2.75, 3.05) is 6.61 Å². The third-order valence-corrected chi connectivity index (χ3v) is 11.2. The minimum Gasteiger partial charge on any atom is -0.427 e. The number of phosphoric ester groups is 2. The zero-order chi connectivity index (χ0) is 40.9. The van der Waals surface area contributed by atoms with Gasteiger partial charge in [0, 0.05) is 31.5 Å². The summed E-state index contributed by atoms with van der Waals surface area (Å²) in [5.41, 5.74) is -0.230. The molecule has 302 valence electrons. The van der Waals surface area contributed by atoms with Gasteiger partial charge >= 0.3 is 33.3 Å². The number of para-hydroxylation sites is 1. The van der Waals surface area contributed by atoms with E-state index in [9.17, 15) is 43.4 Å².